The van der Waals surface area contributed by atoms with E-state index >= 15 is 0 Å². The predicted molar refractivity (Wildman–Crippen MR) is 108 cm³/mol. The van der Waals surface area contributed by atoms with Crippen LogP contribution in [0.4, 0.5) is 11.5 Å². The summed E-state index contributed by atoms with van der Waals surface area (Å²) in [4.78, 5) is 24.9. The van der Waals surface area contributed by atoms with Gasteiger partial charge >= 0.3 is 5.97 Å². The quantitative estimate of drug-likeness (QED) is 0.637. The van der Waals surface area contributed by atoms with E-state index in [1.807, 2.05) is 47.6 Å². The van der Waals surface area contributed by atoms with E-state index < -0.39 is 0 Å². The molecule has 1 saturated heterocycles. The van der Waals surface area contributed by atoms with Gasteiger partial charge in [0.25, 0.3) is 0 Å². The summed E-state index contributed by atoms with van der Waals surface area (Å²) in [5.41, 5.74) is 2.85. The van der Waals surface area contributed by atoms with Gasteiger partial charge in [-0.15, -0.1) is 0 Å². The molecule has 1 aliphatic heterocycles. The molecule has 1 aliphatic rings. The van der Waals surface area contributed by atoms with Gasteiger partial charge < -0.3 is 19.1 Å². The first-order valence-electron chi connectivity index (χ1n) is 9.32. The smallest absolute Gasteiger partial charge is 0.337 e. The maximum Gasteiger partial charge on any atom is 0.337 e. The van der Waals surface area contributed by atoms with Crippen LogP contribution in [-0.2, 0) is 11.3 Å². The Labute approximate surface area is 164 Å². The molecule has 7 nitrogen and oxygen atoms in total. The van der Waals surface area contributed by atoms with Crippen LogP contribution in [0.5, 0.6) is 0 Å². The maximum atomic E-state index is 11.6. The van der Waals surface area contributed by atoms with Gasteiger partial charge in [-0.3, -0.25) is 0 Å². The molecule has 0 aliphatic carbocycles. The van der Waals surface area contributed by atoms with Crippen LogP contribution in [0.25, 0.3) is 0 Å². The molecule has 0 spiro atoms. The van der Waals surface area contributed by atoms with Crippen LogP contribution in [0, 0.1) is 0 Å². The number of anilines is 2. The van der Waals surface area contributed by atoms with Crippen LogP contribution in [-0.4, -0.2) is 53.8 Å². The number of nitrogens with zero attached hydrogens (tertiary/aromatic N) is 5. The number of methoxy groups -OCH3 is 1. The zero-order chi connectivity index (χ0) is 19.3. The van der Waals surface area contributed by atoms with Gasteiger partial charge in [-0.1, -0.05) is 6.07 Å². The van der Waals surface area contributed by atoms with Gasteiger partial charge in [0.1, 0.15) is 5.82 Å². The minimum atomic E-state index is -0.307. The standard InChI is InChI=1S/C21H23N5O2/c1-28-21(27)18-3-5-19(6-4-18)25-10-12-26(13-11-25)20-7-2-17(14-23-20)15-24-9-8-22-16-24/h2-9,14,16H,10-13,15H2,1H3. The highest BCUT2D eigenvalue weighted by molar-refractivity contribution is 5.89. The summed E-state index contributed by atoms with van der Waals surface area (Å²) < 4.78 is 6.78. The Morgan fingerprint density at radius 2 is 1.79 bits per heavy atom. The zero-order valence-corrected chi connectivity index (χ0v) is 15.9. The Hall–Kier alpha value is -3.35. The molecule has 28 heavy (non-hydrogen) atoms. The fraction of sp³-hybridized carbons (Fsp3) is 0.286. The first-order chi connectivity index (χ1) is 13.7. The van der Waals surface area contributed by atoms with Gasteiger partial charge in [-0.25, -0.2) is 14.8 Å². The van der Waals surface area contributed by atoms with Crippen molar-refractivity contribution < 1.29 is 9.53 Å². The number of hydrogen-bond donors (Lipinski definition) is 0. The van der Waals surface area contributed by atoms with Gasteiger partial charge in [0.05, 0.1) is 19.0 Å². The summed E-state index contributed by atoms with van der Waals surface area (Å²) in [6.45, 7) is 4.42. The lowest BCUT2D eigenvalue weighted by Crippen LogP contribution is -2.46. The number of carbonyl (C=O) groups excluding carboxylic acids is 1. The third kappa shape index (κ3) is 3.98. The van der Waals surface area contributed by atoms with Gasteiger partial charge in [0.15, 0.2) is 0 Å². The average molecular weight is 377 g/mol. The summed E-state index contributed by atoms with van der Waals surface area (Å²) in [5.74, 6) is 0.703. The highest BCUT2D eigenvalue weighted by atomic mass is 16.5. The zero-order valence-electron chi connectivity index (χ0n) is 15.9. The lowest BCUT2D eigenvalue weighted by Gasteiger charge is -2.36. The summed E-state index contributed by atoms with van der Waals surface area (Å²) in [5, 5.41) is 0. The topological polar surface area (TPSA) is 63.5 Å². The van der Waals surface area contributed by atoms with E-state index in [0.29, 0.717) is 5.56 Å². The van der Waals surface area contributed by atoms with Gasteiger partial charge in [0.2, 0.25) is 0 Å². The van der Waals surface area contributed by atoms with E-state index in [1.54, 1.807) is 6.20 Å². The van der Waals surface area contributed by atoms with E-state index in [1.165, 1.54) is 7.11 Å². The fourth-order valence-electron chi connectivity index (χ4n) is 3.41. The molecule has 0 atom stereocenters. The Morgan fingerprint density at radius 1 is 1.04 bits per heavy atom. The van der Waals surface area contributed by atoms with Crippen molar-refractivity contribution in [2.24, 2.45) is 0 Å². The lowest BCUT2D eigenvalue weighted by molar-refractivity contribution is 0.0601. The van der Waals surface area contributed by atoms with Crippen LogP contribution >= 0.6 is 0 Å². The van der Waals surface area contributed by atoms with Gasteiger partial charge in [0, 0.05) is 57.0 Å². The maximum absolute atomic E-state index is 11.6. The second kappa shape index (κ2) is 8.12. The van der Waals surface area contributed by atoms with Crippen molar-refractivity contribution >= 4 is 17.5 Å². The van der Waals surface area contributed by atoms with Gasteiger partial charge in [-0.05, 0) is 35.9 Å². The molecule has 0 radical (unpaired) electrons. The van der Waals surface area contributed by atoms with E-state index in [0.717, 1.165) is 49.8 Å². The van der Waals surface area contributed by atoms with Crippen molar-refractivity contribution in [3.8, 4) is 0 Å². The largest absolute Gasteiger partial charge is 0.465 e. The normalized spacial score (nSPS) is 14.2. The molecule has 4 rings (SSSR count). The first-order valence-corrected chi connectivity index (χ1v) is 9.32. The molecule has 1 aromatic carbocycles. The molecule has 0 amide bonds. The third-order valence-electron chi connectivity index (χ3n) is 4.99. The SMILES string of the molecule is COC(=O)c1ccc(N2CCN(c3ccc(Cn4ccnc4)cn3)CC2)cc1. The number of imidazole rings is 1. The number of rotatable bonds is 5. The van der Waals surface area contributed by atoms with Crippen molar-refractivity contribution in [2.45, 2.75) is 6.54 Å². The Morgan fingerprint density at radius 3 is 2.39 bits per heavy atom. The van der Waals surface area contributed by atoms with E-state index in [2.05, 4.69) is 31.9 Å². The van der Waals surface area contributed by atoms with Crippen molar-refractivity contribution in [3.05, 3.63) is 72.4 Å². The second-order valence-electron chi connectivity index (χ2n) is 6.77. The minimum Gasteiger partial charge on any atom is -0.465 e. The van der Waals surface area contributed by atoms with Crippen molar-refractivity contribution in [3.63, 3.8) is 0 Å². The number of ether oxygens (including phenoxy) is 1. The van der Waals surface area contributed by atoms with Crippen molar-refractivity contribution in [2.75, 3.05) is 43.1 Å². The van der Waals surface area contributed by atoms with Crippen LogP contribution in [0.3, 0.4) is 0 Å². The molecule has 1 fully saturated rings. The number of benzene rings is 1. The van der Waals surface area contributed by atoms with Gasteiger partial charge in [-0.2, -0.15) is 0 Å². The Bertz CT molecular complexity index is 899. The molecule has 3 heterocycles. The summed E-state index contributed by atoms with van der Waals surface area (Å²) >= 11 is 0. The summed E-state index contributed by atoms with van der Waals surface area (Å²) in [6.07, 6.45) is 7.48. The highest BCUT2D eigenvalue weighted by Crippen LogP contribution is 2.20. The molecular weight excluding hydrogens is 354 g/mol. The number of esters is 1. The summed E-state index contributed by atoms with van der Waals surface area (Å²) in [6, 6.07) is 11.8. The molecule has 0 unspecified atom stereocenters. The predicted octanol–water partition coefficient (Wildman–Crippen LogP) is 2.44. The molecule has 144 valence electrons. The molecular formula is C21H23N5O2. The van der Waals surface area contributed by atoms with Crippen molar-refractivity contribution in [1.82, 2.24) is 14.5 Å². The molecule has 2 aromatic heterocycles. The Balaban J connectivity index is 1.34. The minimum absolute atomic E-state index is 0.307. The number of hydrogen-bond acceptors (Lipinski definition) is 6. The van der Waals surface area contributed by atoms with Crippen LogP contribution in [0.15, 0.2) is 61.3 Å². The first kappa shape index (κ1) is 18.0. The fourth-order valence-corrected chi connectivity index (χ4v) is 3.41. The van der Waals surface area contributed by atoms with Crippen LogP contribution in [0.1, 0.15) is 15.9 Å². The Kier molecular flexibility index (Phi) is 5.23. The van der Waals surface area contributed by atoms with E-state index in [4.69, 9.17) is 4.74 Å². The van der Waals surface area contributed by atoms with Crippen molar-refractivity contribution in [1.29, 1.82) is 0 Å². The number of pyridine rings is 1. The average Bonchev–Trinajstić information content (AvgIpc) is 3.27. The van der Waals surface area contributed by atoms with E-state index in [9.17, 15) is 4.79 Å². The molecule has 0 N–H and O–H groups in total. The number of piperazine rings is 1. The number of carbonyl (C=O) groups is 1. The monoisotopic (exact) mass is 377 g/mol. The lowest BCUT2D eigenvalue weighted by atomic mass is 10.2. The van der Waals surface area contributed by atoms with E-state index in [-0.39, 0.29) is 5.97 Å². The molecule has 7 heteroatoms. The van der Waals surface area contributed by atoms with Crippen LogP contribution in [0.2, 0.25) is 0 Å². The third-order valence-corrected chi connectivity index (χ3v) is 4.99. The van der Waals surface area contributed by atoms with Crippen LogP contribution < -0.4 is 9.80 Å². The molecule has 3 aromatic rings. The second-order valence-corrected chi connectivity index (χ2v) is 6.77. The highest BCUT2D eigenvalue weighted by Gasteiger charge is 2.18. The molecule has 0 bridgehead atoms. The molecule has 0 saturated carbocycles. The summed E-state index contributed by atoms with van der Waals surface area (Å²) in [7, 11) is 1.40. The number of aromatic nitrogens is 3.